The molecule has 1 amide bonds. The molecule has 1 rings (SSSR count). The van der Waals surface area contributed by atoms with Gasteiger partial charge in [-0.05, 0) is 51.2 Å². The molecule has 7 nitrogen and oxygen atoms in total. The van der Waals surface area contributed by atoms with Crippen LogP contribution in [0.4, 0.5) is 0 Å². The summed E-state index contributed by atoms with van der Waals surface area (Å²) in [5.74, 6) is -3.82. The average Bonchev–Trinajstić information content (AvgIpc) is 2.20. The third-order valence-electron chi connectivity index (χ3n) is 1.63. The van der Waals surface area contributed by atoms with Crippen LogP contribution in [-0.2, 0) is 19.6 Å². The summed E-state index contributed by atoms with van der Waals surface area (Å²) < 4.78 is 28.6. The molecule has 0 aliphatic heterocycles. The highest BCUT2D eigenvalue weighted by Gasteiger charge is 2.21. The summed E-state index contributed by atoms with van der Waals surface area (Å²) in [7, 11) is -3.87. The number of hydrogen-bond acceptors (Lipinski definition) is 6. The molecule has 0 unspecified atom stereocenters. The van der Waals surface area contributed by atoms with E-state index >= 15 is 0 Å². The lowest BCUT2D eigenvalue weighted by molar-refractivity contribution is -0.270. The van der Waals surface area contributed by atoms with Gasteiger partial charge in [0.05, 0.1) is 9.83 Å². The van der Waals surface area contributed by atoms with Gasteiger partial charge in [-0.2, -0.15) is 0 Å². The molecule has 1 aromatic carbocycles. The second-order valence-corrected chi connectivity index (χ2v) is 7.46. The van der Waals surface area contributed by atoms with Crippen molar-refractivity contribution in [2.24, 2.45) is 0 Å². The minimum Gasteiger partial charge on any atom is -0.870 e. The van der Waals surface area contributed by atoms with Crippen LogP contribution in [0.15, 0.2) is 12.1 Å². The van der Waals surface area contributed by atoms with E-state index in [9.17, 15) is 23.1 Å². The number of nitrogens with one attached hydrogen (secondary N) is 1. The minimum absolute atomic E-state index is 0.310. The molecular weight excluding hydrogens is 504 g/mol. The van der Waals surface area contributed by atoms with Crippen LogP contribution in [0, 0.1) is 7.14 Å². The van der Waals surface area contributed by atoms with Crippen LogP contribution < -0.4 is 14.6 Å². The molecule has 0 aliphatic carbocycles. The zero-order valence-electron chi connectivity index (χ0n) is 9.27. The van der Waals surface area contributed by atoms with Gasteiger partial charge in [-0.3, -0.25) is 4.79 Å². The van der Waals surface area contributed by atoms with Crippen molar-refractivity contribution in [3.8, 4) is 11.5 Å². The van der Waals surface area contributed by atoms with Gasteiger partial charge in [0.2, 0.25) is 10.0 Å². The van der Waals surface area contributed by atoms with Gasteiger partial charge in [-0.1, -0.05) is 11.8 Å². The van der Waals surface area contributed by atoms with Crippen LogP contribution in [0.3, 0.4) is 0 Å². The lowest BCUT2D eigenvalue weighted by atomic mass is 10.3. The molecule has 0 saturated heterocycles. The minimum atomic E-state index is -3.87. The lowest BCUT2D eigenvalue weighted by Gasteiger charge is -2.15. The van der Waals surface area contributed by atoms with Crippen LogP contribution >= 0.6 is 45.2 Å². The number of amides is 1. The molecule has 0 aliphatic rings. The summed E-state index contributed by atoms with van der Waals surface area (Å²) in [5, 5.41) is 11.6. The lowest BCUT2D eigenvalue weighted by Crippen LogP contribution is -2.37. The molecule has 0 heterocycles. The number of sulfonamides is 1. The summed E-state index contributed by atoms with van der Waals surface area (Å²) in [5.41, 5.74) is 0. The van der Waals surface area contributed by atoms with E-state index in [4.69, 9.17) is 0 Å². The summed E-state index contributed by atoms with van der Waals surface area (Å²) in [6, 6.07) is 2.79. The normalized spacial score (nSPS) is 10.9. The predicted molar refractivity (Wildman–Crippen MR) is 79.9 cm³/mol. The molecule has 1 aromatic rings. The van der Waals surface area contributed by atoms with E-state index < -0.39 is 27.6 Å². The van der Waals surface area contributed by atoms with E-state index in [1.54, 1.807) is 28.7 Å². The number of halogens is 2. The maximum Gasteiger partial charge on any atom is 0.403 e. The standard InChI is InChI=1S/C9H7I2NO6S/c1-19(16,17)12-8(14)9(15)18-7-5(11)2-4(10)3-6(7)13/h2-3,13H,1H3,(H,12,14)/p-1. The zero-order valence-corrected chi connectivity index (χ0v) is 14.4. The molecule has 0 radical (unpaired) electrons. The maximum atomic E-state index is 11.6. The second kappa shape index (κ2) is 6.21. The van der Waals surface area contributed by atoms with Crippen LogP contribution in [0.5, 0.6) is 11.5 Å². The predicted octanol–water partition coefficient (Wildman–Crippen LogP) is -0.0494. The molecule has 0 bridgehead atoms. The number of esters is 1. The van der Waals surface area contributed by atoms with Gasteiger partial charge in [0.1, 0.15) is 5.75 Å². The third kappa shape index (κ3) is 5.10. The number of carbonyl (C=O) groups is 2. The molecule has 0 spiro atoms. The Morgan fingerprint density at radius 1 is 1.32 bits per heavy atom. The largest absolute Gasteiger partial charge is 0.870 e. The van der Waals surface area contributed by atoms with Crippen LogP contribution in [0.2, 0.25) is 0 Å². The monoisotopic (exact) mass is 510 g/mol. The Labute approximate surface area is 136 Å². The highest BCUT2D eigenvalue weighted by atomic mass is 127. The Morgan fingerprint density at radius 3 is 2.37 bits per heavy atom. The van der Waals surface area contributed by atoms with E-state index in [2.05, 4.69) is 4.74 Å². The molecule has 19 heavy (non-hydrogen) atoms. The highest BCUT2D eigenvalue weighted by Crippen LogP contribution is 2.31. The van der Waals surface area contributed by atoms with Crippen molar-refractivity contribution in [2.75, 3.05) is 6.26 Å². The first-order chi connectivity index (χ1) is 8.60. The van der Waals surface area contributed by atoms with Gasteiger partial charge >= 0.3 is 11.9 Å². The fourth-order valence-electron chi connectivity index (χ4n) is 0.985. The third-order valence-corrected chi connectivity index (χ3v) is 3.61. The first-order valence-electron chi connectivity index (χ1n) is 4.50. The highest BCUT2D eigenvalue weighted by molar-refractivity contribution is 14.1. The van der Waals surface area contributed by atoms with Crippen molar-refractivity contribution >= 4 is 67.1 Å². The Balaban J connectivity index is 2.92. The van der Waals surface area contributed by atoms with Gasteiger partial charge in [0.15, 0.2) is 0 Å². The van der Waals surface area contributed by atoms with E-state index in [0.717, 1.165) is 0 Å². The topological polar surface area (TPSA) is 113 Å². The van der Waals surface area contributed by atoms with Crippen LogP contribution in [0.1, 0.15) is 0 Å². The second-order valence-electron chi connectivity index (χ2n) is 3.31. The molecule has 0 saturated carbocycles. The first-order valence-corrected chi connectivity index (χ1v) is 8.55. The smallest absolute Gasteiger partial charge is 0.403 e. The van der Waals surface area contributed by atoms with Crippen LogP contribution in [-0.4, -0.2) is 26.6 Å². The fraction of sp³-hybridized carbons (Fsp3) is 0.111. The zero-order chi connectivity index (χ0) is 14.8. The van der Waals surface area contributed by atoms with Crippen molar-refractivity contribution in [3.05, 3.63) is 19.3 Å². The number of carbonyl (C=O) groups excluding carboxylic acids is 2. The average molecular weight is 510 g/mol. The number of hydrogen-bond donors (Lipinski definition) is 1. The molecule has 0 aromatic heterocycles. The Bertz CT molecular complexity index is 619. The molecule has 104 valence electrons. The SMILES string of the molecule is CS(=O)(=O)NC(=O)C(=O)Oc1c([O-])cc(I)cc1I. The number of rotatable bonds is 2. The van der Waals surface area contributed by atoms with E-state index in [0.29, 0.717) is 13.4 Å². The maximum absolute atomic E-state index is 11.6. The van der Waals surface area contributed by atoms with Gasteiger partial charge < -0.3 is 9.84 Å². The Hall–Kier alpha value is -0.630. The summed E-state index contributed by atoms with van der Waals surface area (Å²) >= 11 is 3.67. The van der Waals surface area contributed by atoms with Crippen molar-refractivity contribution in [2.45, 2.75) is 0 Å². The van der Waals surface area contributed by atoms with Crippen molar-refractivity contribution in [1.29, 1.82) is 0 Å². The number of benzene rings is 1. The van der Waals surface area contributed by atoms with E-state index in [1.165, 1.54) is 10.8 Å². The van der Waals surface area contributed by atoms with Gasteiger partial charge in [0.25, 0.3) is 0 Å². The molecule has 0 atom stereocenters. The summed E-state index contributed by atoms with van der Waals surface area (Å²) in [6.45, 7) is 0. The van der Waals surface area contributed by atoms with Gasteiger partial charge in [-0.15, -0.1) is 0 Å². The molecule has 0 fully saturated rings. The fourth-order valence-corrected chi connectivity index (χ4v) is 3.31. The van der Waals surface area contributed by atoms with Crippen molar-refractivity contribution in [3.63, 3.8) is 0 Å². The van der Waals surface area contributed by atoms with Gasteiger partial charge in [-0.25, -0.2) is 17.9 Å². The Kier molecular flexibility index (Phi) is 5.37. The quantitative estimate of drug-likeness (QED) is 0.259. The molecular formula is C9H6I2NO6S-. The van der Waals surface area contributed by atoms with Crippen LogP contribution in [0.25, 0.3) is 0 Å². The van der Waals surface area contributed by atoms with Crippen molar-refractivity contribution in [1.82, 2.24) is 4.72 Å². The number of ether oxygens (including phenoxy) is 1. The Morgan fingerprint density at radius 2 is 1.89 bits per heavy atom. The summed E-state index contributed by atoms with van der Waals surface area (Å²) in [4.78, 5) is 22.5. The van der Waals surface area contributed by atoms with E-state index in [-0.39, 0.29) is 5.75 Å². The van der Waals surface area contributed by atoms with Crippen molar-refractivity contribution < 1.29 is 27.9 Å². The first kappa shape index (κ1) is 16.4. The molecule has 1 N–H and O–H groups in total. The molecule has 10 heteroatoms. The van der Waals surface area contributed by atoms with E-state index in [1.807, 2.05) is 22.6 Å². The van der Waals surface area contributed by atoms with Gasteiger partial charge in [0, 0.05) is 3.57 Å². The summed E-state index contributed by atoms with van der Waals surface area (Å²) in [6.07, 6.45) is 0.714.